The molecule has 0 radical (unpaired) electrons. The Kier molecular flexibility index (Phi) is 5.13. The molecule has 3 aromatic rings. The van der Waals surface area contributed by atoms with Crippen molar-refractivity contribution >= 4 is 22.4 Å². The molecule has 0 atom stereocenters. The third kappa shape index (κ3) is 4.32. The molecule has 1 aliphatic rings. The molecule has 4 rings (SSSR count). The third-order valence-corrected chi connectivity index (χ3v) is 4.82. The molecule has 27 heavy (non-hydrogen) atoms. The van der Waals surface area contributed by atoms with E-state index in [1.165, 1.54) is 0 Å². The molecule has 0 bridgehead atoms. The number of amides is 1. The number of nitrogens with zero attached hydrogens (tertiary/aromatic N) is 4. The van der Waals surface area contributed by atoms with Gasteiger partial charge in [-0.1, -0.05) is 41.6 Å². The van der Waals surface area contributed by atoms with Crippen LogP contribution in [0.15, 0.2) is 47.0 Å². The van der Waals surface area contributed by atoms with Gasteiger partial charge < -0.3 is 9.84 Å². The highest BCUT2D eigenvalue weighted by molar-refractivity contribution is 6.02. The summed E-state index contributed by atoms with van der Waals surface area (Å²) in [7, 11) is 0. The van der Waals surface area contributed by atoms with Gasteiger partial charge >= 0.3 is 0 Å². The number of hydrogen-bond acceptors (Lipinski definition) is 6. The SMILES string of the molecule is Cc1noc(CN2CCN(CC(=O)Nc3cccc4ccccc34)CC2)n1. The van der Waals surface area contributed by atoms with Gasteiger partial charge in [-0.05, 0) is 18.4 Å². The molecule has 7 heteroatoms. The van der Waals surface area contributed by atoms with Crippen molar-refractivity contribution in [2.24, 2.45) is 0 Å². The fraction of sp³-hybridized carbons (Fsp3) is 0.350. The second-order valence-corrected chi connectivity index (χ2v) is 6.86. The number of piperazine rings is 1. The lowest BCUT2D eigenvalue weighted by molar-refractivity contribution is -0.117. The molecule has 1 amide bonds. The van der Waals surface area contributed by atoms with Crippen molar-refractivity contribution < 1.29 is 9.32 Å². The molecule has 1 fully saturated rings. The highest BCUT2D eigenvalue weighted by Crippen LogP contribution is 2.22. The zero-order chi connectivity index (χ0) is 18.6. The summed E-state index contributed by atoms with van der Waals surface area (Å²) >= 11 is 0. The Bertz CT molecular complexity index is 926. The summed E-state index contributed by atoms with van der Waals surface area (Å²) in [6.45, 7) is 6.32. The van der Waals surface area contributed by atoms with Crippen LogP contribution in [0.2, 0.25) is 0 Å². The van der Waals surface area contributed by atoms with E-state index in [0.29, 0.717) is 24.8 Å². The Balaban J connectivity index is 1.29. The van der Waals surface area contributed by atoms with Crippen molar-refractivity contribution in [3.63, 3.8) is 0 Å². The second kappa shape index (κ2) is 7.85. The molecule has 0 saturated carbocycles. The van der Waals surface area contributed by atoms with E-state index in [1.807, 2.05) is 37.3 Å². The quantitative estimate of drug-likeness (QED) is 0.748. The van der Waals surface area contributed by atoms with Gasteiger partial charge in [0.2, 0.25) is 11.8 Å². The molecule has 1 aromatic heterocycles. The van der Waals surface area contributed by atoms with Crippen molar-refractivity contribution in [1.82, 2.24) is 19.9 Å². The first-order chi connectivity index (χ1) is 13.2. The molecule has 0 spiro atoms. The van der Waals surface area contributed by atoms with Crippen LogP contribution in [-0.4, -0.2) is 58.6 Å². The number of carbonyl (C=O) groups excluding carboxylic acids is 1. The van der Waals surface area contributed by atoms with Crippen molar-refractivity contribution in [2.75, 3.05) is 38.0 Å². The van der Waals surface area contributed by atoms with Crippen LogP contribution in [0.25, 0.3) is 10.8 Å². The Morgan fingerprint density at radius 2 is 1.81 bits per heavy atom. The molecule has 1 N–H and O–H groups in total. The summed E-state index contributed by atoms with van der Waals surface area (Å²) in [5, 5.41) is 9.07. The Hall–Kier alpha value is -2.77. The first-order valence-electron chi connectivity index (χ1n) is 9.19. The van der Waals surface area contributed by atoms with E-state index < -0.39 is 0 Å². The first-order valence-corrected chi connectivity index (χ1v) is 9.19. The molecule has 1 aliphatic heterocycles. The van der Waals surface area contributed by atoms with Gasteiger partial charge in [-0.25, -0.2) is 0 Å². The molecule has 0 aliphatic carbocycles. The van der Waals surface area contributed by atoms with Gasteiger partial charge in [0.25, 0.3) is 0 Å². The third-order valence-electron chi connectivity index (χ3n) is 4.82. The predicted octanol–water partition coefficient (Wildman–Crippen LogP) is 2.29. The fourth-order valence-corrected chi connectivity index (χ4v) is 3.43. The van der Waals surface area contributed by atoms with Crippen molar-refractivity contribution in [3.05, 3.63) is 54.2 Å². The summed E-state index contributed by atoms with van der Waals surface area (Å²) in [6, 6.07) is 14.0. The molecule has 140 valence electrons. The van der Waals surface area contributed by atoms with Crippen LogP contribution < -0.4 is 5.32 Å². The monoisotopic (exact) mass is 365 g/mol. The maximum absolute atomic E-state index is 12.5. The molecule has 2 heterocycles. The number of aromatic nitrogens is 2. The first kappa shape index (κ1) is 17.6. The smallest absolute Gasteiger partial charge is 0.240 e. The normalized spacial score (nSPS) is 15.9. The highest BCUT2D eigenvalue weighted by atomic mass is 16.5. The van der Waals surface area contributed by atoms with E-state index in [0.717, 1.165) is 42.6 Å². The predicted molar refractivity (Wildman–Crippen MR) is 103 cm³/mol. The second-order valence-electron chi connectivity index (χ2n) is 6.86. The number of fused-ring (bicyclic) bond motifs is 1. The van der Waals surface area contributed by atoms with Crippen molar-refractivity contribution in [2.45, 2.75) is 13.5 Å². The van der Waals surface area contributed by atoms with Crippen LogP contribution in [-0.2, 0) is 11.3 Å². The van der Waals surface area contributed by atoms with Gasteiger partial charge in [0.05, 0.1) is 13.1 Å². The van der Waals surface area contributed by atoms with Crippen LogP contribution in [0, 0.1) is 6.92 Å². The average Bonchev–Trinajstić information content (AvgIpc) is 3.08. The topological polar surface area (TPSA) is 74.5 Å². The summed E-state index contributed by atoms with van der Waals surface area (Å²) in [5.41, 5.74) is 0.864. The van der Waals surface area contributed by atoms with Crippen LogP contribution in [0.3, 0.4) is 0 Å². The maximum Gasteiger partial charge on any atom is 0.240 e. The zero-order valence-electron chi connectivity index (χ0n) is 15.4. The lowest BCUT2D eigenvalue weighted by atomic mass is 10.1. The van der Waals surface area contributed by atoms with E-state index >= 15 is 0 Å². The minimum Gasteiger partial charge on any atom is -0.338 e. The van der Waals surface area contributed by atoms with Gasteiger partial charge in [0, 0.05) is 37.3 Å². The molecule has 0 unspecified atom stereocenters. The number of benzene rings is 2. The van der Waals surface area contributed by atoms with E-state index in [-0.39, 0.29) is 5.91 Å². The number of rotatable bonds is 5. The minimum absolute atomic E-state index is 0.0207. The van der Waals surface area contributed by atoms with Crippen LogP contribution >= 0.6 is 0 Å². The zero-order valence-corrected chi connectivity index (χ0v) is 15.4. The summed E-state index contributed by atoms with van der Waals surface area (Å²) in [4.78, 5) is 21.2. The standard InChI is InChI=1S/C20H23N5O2/c1-15-21-20(27-23-15)14-25-11-9-24(10-12-25)13-19(26)22-18-8-4-6-16-5-2-3-7-17(16)18/h2-8H,9-14H2,1H3,(H,22,26). The van der Waals surface area contributed by atoms with Crippen LogP contribution in [0.4, 0.5) is 5.69 Å². The van der Waals surface area contributed by atoms with Gasteiger partial charge in [0.1, 0.15) is 0 Å². The van der Waals surface area contributed by atoms with Gasteiger partial charge in [-0.15, -0.1) is 0 Å². The molecule has 2 aromatic carbocycles. The van der Waals surface area contributed by atoms with E-state index in [4.69, 9.17) is 4.52 Å². The largest absolute Gasteiger partial charge is 0.338 e. The average molecular weight is 365 g/mol. The Labute approximate surface area is 157 Å². The maximum atomic E-state index is 12.5. The summed E-state index contributed by atoms with van der Waals surface area (Å²) < 4.78 is 5.18. The van der Waals surface area contributed by atoms with Crippen LogP contribution in [0.1, 0.15) is 11.7 Å². The van der Waals surface area contributed by atoms with Gasteiger partial charge in [-0.2, -0.15) is 4.98 Å². The summed E-state index contributed by atoms with van der Waals surface area (Å²) in [6.07, 6.45) is 0. The Morgan fingerprint density at radius 3 is 2.59 bits per heavy atom. The summed E-state index contributed by atoms with van der Waals surface area (Å²) in [5.74, 6) is 1.33. The van der Waals surface area contributed by atoms with E-state index in [1.54, 1.807) is 0 Å². The van der Waals surface area contributed by atoms with E-state index in [9.17, 15) is 4.79 Å². The number of nitrogens with one attached hydrogen (secondary N) is 1. The van der Waals surface area contributed by atoms with Crippen LogP contribution in [0.5, 0.6) is 0 Å². The molecular weight excluding hydrogens is 342 g/mol. The lowest BCUT2D eigenvalue weighted by Crippen LogP contribution is -2.48. The van der Waals surface area contributed by atoms with Crippen molar-refractivity contribution in [1.29, 1.82) is 0 Å². The van der Waals surface area contributed by atoms with Gasteiger partial charge in [0.15, 0.2) is 5.82 Å². The van der Waals surface area contributed by atoms with E-state index in [2.05, 4.69) is 37.4 Å². The van der Waals surface area contributed by atoms with Gasteiger partial charge in [-0.3, -0.25) is 14.6 Å². The minimum atomic E-state index is 0.0207. The number of anilines is 1. The lowest BCUT2D eigenvalue weighted by Gasteiger charge is -2.33. The highest BCUT2D eigenvalue weighted by Gasteiger charge is 2.20. The number of hydrogen-bond donors (Lipinski definition) is 1. The van der Waals surface area contributed by atoms with Crippen molar-refractivity contribution in [3.8, 4) is 0 Å². The number of aryl methyl sites for hydroxylation is 1. The number of carbonyl (C=O) groups is 1. The molecule has 1 saturated heterocycles. The fourth-order valence-electron chi connectivity index (χ4n) is 3.43. The molecule has 7 nitrogen and oxygen atoms in total. The molecular formula is C20H23N5O2. The Morgan fingerprint density at radius 1 is 1.07 bits per heavy atom.